The summed E-state index contributed by atoms with van der Waals surface area (Å²) in [6.07, 6.45) is 3.09. The second kappa shape index (κ2) is 11.2. The summed E-state index contributed by atoms with van der Waals surface area (Å²) in [6, 6.07) is 14.8. The van der Waals surface area contributed by atoms with Gasteiger partial charge in [-0.25, -0.2) is 14.8 Å². The Balaban J connectivity index is 1.31. The van der Waals surface area contributed by atoms with Crippen molar-refractivity contribution < 1.29 is 14.3 Å². The Hall–Kier alpha value is -4.05. The van der Waals surface area contributed by atoms with Gasteiger partial charge in [-0.05, 0) is 43.3 Å². The molecule has 0 spiro atoms. The number of ether oxygens (including phenoxy) is 1. The molecule has 34 heavy (non-hydrogen) atoms. The first-order valence-corrected chi connectivity index (χ1v) is 11.2. The van der Waals surface area contributed by atoms with Crippen LogP contribution in [0.25, 0.3) is 11.4 Å². The fourth-order valence-electron chi connectivity index (χ4n) is 3.59. The molecule has 4 rings (SSSR count). The molecule has 0 atom stereocenters. The minimum atomic E-state index is -0.300. The Kier molecular flexibility index (Phi) is 7.61. The van der Waals surface area contributed by atoms with E-state index < -0.39 is 0 Å². The summed E-state index contributed by atoms with van der Waals surface area (Å²) in [5.41, 5.74) is 2.89. The van der Waals surface area contributed by atoms with Crippen LogP contribution in [0.5, 0.6) is 0 Å². The number of benzene rings is 1. The normalized spacial score (nSPS) is 13.9. The van der Waals surface area contributed by atoms with E-state index in [-0.39, 0.29) is 18.5 Å². The Bertz CT molecular complexity index is 1120. The molecule has 1 aromatic carbocycles. The zero-order chi connectivity index (χ0) is 23.8. The van der Waals surface area contributed by atoms with Crippen molar-refractivity contribution in [2.75, 3.05) is 50.0 Å². The van der Waals surface area contributed by atoms with Gasteiger partial charge in [0.05, 0.1) is 24.5 Å². The summed E-state index contributed by atoms with van der Waals surface area (Å²) in [5, 5.41) is 6.10. The molecule has 2 aromatic heterocycles. The third kappa shape index (κ3) is 6.26. The molecular formula is C24H27N7O3. The van der Waals surface area contributed by atoms with Crippen LogP contribution in [0.1, 0.15) is 6.92 Å². The lowest BCUT2D eigenvalue weighted by molar-refractivity contribution is -0.117. The van der Waals surface area contributed by atoms with E-state index in [9.17, 15) is 9.59 Å². The molecular weight excluding hydrogens is 434 g/mol. The third-order valence-corrected chi connectivity index (χ3v) is 5.25. The summed E-state index contributed by atoms with van der Waals surface area (Å²) in [7, 11) is 0. The minimum Gasteiger partial charge on any atom is -0.450 e. The Morgan fingerprint density at radius 2 is 1.76 bits per heavy atom. The lowest BCUT2D eigenvalue weighted by atomic mass is 10.2. The smallest absolute Gasteiger partial charge is 0.409 e. The third-order valence-electron chi connectivity index (χ3n) is 5.25. The average molecular weight is 462 g/mol. The fraction of sp³-hybridized carbons (Fsp3) is 0.292. The molecule has 0 radical (unpaired) electrons. The van der Waals surface area contributed by atoms with E-state index >= 15 is 0 Å². The highest BCUT2D eigenvalue weighted by molar-refractivity contribution is 5.92. The van der Waals surface area contributed by atoms with Crippen LogP contribution in [0.2, 0.25) is 0 Å². The molecule has 3 aromatic rings. The van der Waals surface area contributed by atoms with E-state index in [4.69, 9.17) is 4.74 Å². The number of anilines is 3. The molecule has 0 aliphatic carbocycles. The van der Waals surface area contributed by atoms with Crippen LogP contribution in [-0.2, 0) is 9.53 Å². The summed E-state index contributed by atoms with van der Waals surface area (Å²) < 4.78 is 5.03. The van der Waals surface area contributed by atoms with Crippen LogP contribution in [0.15, 0.2) is 60.9 Å². The Labute approximate surface area is 198 Å². The van der Waals surface area contributed by atoms with Crippen LogP contribution < -0.4 is 10.6 Å². The molecule has 0 saturated carbocycles. The van der Waals surface area contributed by atoms with Gasteiger partial charge in [0.25, 0.3) is 0 Å². The number of hydrogen-bond donors (Lipinski definition) is 2. The summed E-state index contributed by atoms with van der Waals surface area (Å²) in [4.78, 5) is 41.2. The van der Waals surface area contributed by atoms with E-state index in [1.165, 1.54) is 0 Å². The molecule has 176 valence electrons. The van der Waals surface area contributed by atoms with Gasteiger partial charge in [0.15, 0.2) is 0 Å². The minimum absolute atomic E-state index is 0.116. The quantitative estimate of drug-likeness (QED) is 0.552. The van der Waals surface area contributed by atoms with E-state index in [0.29, 0.717) is 50.1 Å². The summed E-state index contributed by atoms with van der Waals surface area (Å²) in [6.45, 7) is 4.73. The van der Waals surface area contributed by atoms with Crippen molar-refractivity contribution in [3.63, 3.8) is 0 Å². The van der Waals surface area contributed by atoms with Gasteiger partial charge in [0.1, 0.15) is 0 Å². The molecule has 3 heterocycles. The van der Waals surface area contributed by atoms with Gasteiger partial charge >= 0.3 is 6.09 Å². The number of rotatable bonds is 7. The number of nitrogens with zero attached hydrogens (tertiary/aromatic N) is 5. The molecule has 1 saturated heterocycles. The fourth-order valence-corrected chi connectivity index (χ4v) is 3.59. The van der Waals surface area contributed by atoms with E-state index in [1.54, 1.807) is 30.3 Å². The van der Waals surface area contributed by atoms with Gasteiger partial charge in [-0.15, -0.1) is 0 Å². The number of aromatic nitrogens is 3. The van der Waals surface area contributed by atoms with Gasteiger partial charge in [0, 0.05) is 49.9 Å². The van der Waals surface area contributed by atoms with Gasteiger partial charge < -0.3 is 20.3 Å². The lowest BCUT2D eigenvalue weighted by Crippen LogP contribution is -2.50. The van der Waals surface area contributed by atoms with Gasteiger partial charge in [-0.3, -0.25) is 14.7 Å². The second-order valence-electron chi connectivity index (χ2n) is 7.70. The molecule has 10 heteroatoms. The van der Waals surface area contributed by atoms with Crippen molar-refractivity contribution >= 4 is 29.3 Å². The largest absolute Gasteiger partial charge is 0.450 e. The van der Waals surface area contributed by atoms with Crippen LogP contribution in [0.3, 0.4) is 0 Å². The summed E-state index contributed by atoms with van der Waals surface area (Å²) >= 11 is 0. The van der Waals surface area contributed by atoms with Crippen molar-refractivity contribution in [1.29, 1.82) is 0 Å². The maximum Gasteiger partial charge on any atom is 0.409 e. The van der Waals surface area contributed by atoms with Gasteiger partial charge in [-0.2, -0.15) is 0 Å². The summed E-state index contributed by atoms with van der Waals surface area (Å²) in [5.74, 6) is 0.321. The van der Waals surface area contributed by atoms with E-state index in [0.717, 1.165) is 11.4 Å². The van der Waals surface area contributed by atoms with Crippen molar-refractivity contribution in [2.24, 2.45) is 0 Å². The van der Waals surface area contributed by atoms with Gasteiger partial charge in [-0.1, -0.05) is 12.1 Å². The standard InChI is InChI=1S/C24H27N7O3/c1-2-34-24(33)31-14-12-30(13-15-31)17-22(32)27-18-6-5-7-19(16-18)28-23-26-11-9-21(29-23)20-8-3-4-10-25-20/h3-11,16H,2,12-15,17H2,1H3,(H,27,32)(H,26,28,29). The average Bonchev–Trinajstić information content (AvgIpc) is 2.85. The van der Waals surface area contributed by atoms with E-state index in [1.807, 2.05) is 47.4 Å². The number of nitrogens with one attached hydrogen (secondary N) is 2. The molecule has 1 aliphatic heterocycles. The predicted octanol–water partition coefficient (Wildman–Crippen LogP) is 2.99. The topological polar surface area (TPSA) is 113 Å². The first kappa shape index (κ1) is 23.1. The highest BCUT2D eigenvalue weighted by Crippen LogP contribution is 2.20. The maximum atomic E-state index is 12.6. The zero-order valence-corrected chi connectivity index (χ0v) is 19.0. The number of hydrogen-bond acceptors (Lipinski definition) is 8. The maximum absolute atomic E-state index is 12.6. The Morgan fingerprint density at radius 3 is 2.53 bits per heavy atom. The second-order valence-corrected chi connectivity index (χ2v) is 7.70. The Morgan fingerprint density at radius 1 is 0.941 bits per heavy atom. The SMILES string of the molecule is CCOC(=O)N1CCN(CC(=O)Nc2cccc(Nc3nccc(-c4ccccn4)n3)c2)CC1. The number of piperazine rings is 1. The molecule has 2 amide bonds. The van der Waals surface area contributed by atoms with Crippen molar-refractivity contribution in [1.82, 2.24) is 24.8 Å². The number of carbonyl (C=O) groups excluding carboxylic acids is 2. The number of pyridine rings is 1. The van der Waals surface area contributed by atoms with Crippen molar-refractivity contribution in [3.05, 3.63) is 60.9 Å². The van der Waals surface area contributed by atoms with Crippen LogP contribution in [0.4, 0.5) is 22.1 Å². The van der Waals surface area contributed by atoms with Crippen LogP contribution in [0, 0.1) is 0 Å². The highest BCUT2D eigenvalue weighted by Gasteiger charge is 2.23. The lowest BCUT2D eigenvalue weighted by Gasteiger charge is -2.33. The first-order valence-electron chi connectivity index (χ1n) is 11.2. The molecule has 1 fully saturated rings. The highest BCUT2D eigenvalue weighted by atomic mass is 16.6. The van der Waals surface area contributed by atoms with Crippen LogP contribution in [-0.4, -0.2) is 76.1 Å². The molecule has 0 unspecified atom stereocenters. The van der Waals surface area contributed by atoms with Crippen molar-refractivity contribution in [2.45, 2.75) is 6.92 Å². The molecule has 10 nitrogen and oxygen atoms in total. The molecule has 1 aliphatic rings. The molecule has 0 bridgehead atoms. The molecule has 2 N–H and O–H groups in total. The first-order chi connectivity index (χ1) is 16.6. The van der Waals surface area contributed by atoms with Crippen LogP contribution >= 0.6 is 0 Å². The van der Waals surface area contributed by atoms with Crippen molar-refractivity contribution in [3.8, 4) is 11.4 Å². The zero-order valence-electron chi connectivity index (χ0n) is 19.0. The predicted molar refractivity (Wildman–Crippen MR) is 129 cm³/mol. The number of carbonyl (C=O) groups is 2. The number of amides is 2. The monoisotopic (exact) mass is 461 g/mol. The van der Waals surface area contributed by atoms with E-state index in [2.05, 4.69) is 25.6 Å². The van der Waals surface area contributed by atoms with Gasteiger partial charge in [0.2, 0.25) is 11.9 Å².